The van der Waals surface area contributed by atoms with Gasteiger partial charge in [0.25, 0.3) is 5.91 Å². The van der Waals surface area contributed by atoms with Crippen LogP contribution in [0.25, 0.3) is 0 Å². The molecule has 2 amide bonds. The van der Waals surface area contributed by atoms with Crippen molar-refractivity contribution in [2.45, 2.75) is 18.9 Å². The molecule has 136 valence electrons. The van der Waals surface area contributed by atoms with E-state index in [0.29, 0.717) is 17.8 Å². The monoisotopic (exact) mass is 360 g/mol. The first-order valence-electron chi connectivity index (χ1n) is 8.06. The third kappa shape index (κ3) is 3.41. The van der Waals surface area contributed by atoms with Gasteiger partial charge in [0.1, 0.15) is 5.82 Å². The van der Waals surface area contributed by atoms with Gasteiger partial charge in [-0.2, -0.15) is 0 Å². The van der Waals surface area contributed by atoms with E-state index >= 15 is 0 Å². The average Bonchev–Trinajstić information content (AvgIpc) is 3.09. The zero-order valence-electron chi connectivity index (χ0n) is 13.7. The minimum Gasteiger partial charge on any atom is -0.479 e. The van der Waals surface area contributed by atoms with E-state index < -0.39 is 29.6 Å². The Hall–Kier alpha value is -3.23. The van der Waals surface area contributed by atoms with Crippen molar-refractivity contribution in [2.24, 2.45) is 0 Å². The molecule has 3 rings (SSSR count). The number of imidazole rings is 1. The Bertz CT molecular complexity index is 851. The molecular weight excluding hydrogens is 343 g/mol. The summed E-state index contributed by atoms with van der Waals surface area (Å²) in [7, 11) is 0. The number of amides is 2. The standard InChI is InChI=1S/C17H17FN4O4/c18-11-4-2-1-3-10(11)16(24)19-7-5-13(23)22-8-6-12-14(21-9-20-12)15(22)17(25)26/h1-4,9,15H,5-8H2,(H,19,24)(H,20,21)(H,25,26). The van der Waals surface area contributed by atoms with Crippen LogP contribution in [0.15, 0.2) is 30.6 Å². The fourth-order valence-electron chi connectivity index (χ4n) is 2.96. The number of benzene rings is 1. The van der Waals surface area contributed by atoms with E-state index in [1.165, 1.54) is 35.5 Å². The van der Waals surface area contributed by atoms with Crippen molar-refractivity contribution in [2.75, 3.05) is 13.1 Å². The molecule has 0 fully saturated rings. The van der Waals surface area contributed by atoms with Gasteiger partial charge in [-0.25, -0.2) is 14.2 Å². The minimum atomic E-state index is -1.17. The Morgan fingerprint density at radius 1 is 1.35 bits per heavy atom. The number of H-pyrrole nitrogens is 1. The predicted octanol–water partition coefficient (Wildman–Crippen LogP) is 0.879. The molecule has 26 heavy (non-hydrogen) atoms. The van der Waals surface area contributed by atoms with E-state index in [-0.39, 0.29) is 25.1 Å². The third-order valence-electron chi connectivity index (χ3n) is 4.22. The molecule has 2 aromatic rings. The van der Waals surface area contributed by atoms with Crippen LogP contribution in [0, 0.1) is 5.82 Å². The maximum absolute atomic E-state index is 13.6. The highest BCUT2D eigenvalue weighted by Gasteiger charge is 2.37. The summed E-state index contributed by atoms with van der Waals surface area (Å²) in [5, 5.41) is 11.9. The third-order valence-corrected chi connectivity index (χ3v) is 4.22. The number of nitrogens with one attached hydrogen (secondary N) is 2. The zero-order chi connectivity index (χ0) is 18.7. The smallest absolute Gasteiger partial charge is 0.332 e. The van der Waals surface area contributed by atoms with Crippen LogP contribution in [0.4, 0.5) is 4.39 Å². The van der Waals surface area contributed by atoms with Gasteiger partial charge < -0.3 is 20.3 Å². The number of aliphatic carboxylic acids is 1. The summed E-state index contributed by atoms with van der Waals surface area (Å²) >= 11 is 0. The lowest BCUT2D eigenvalue weighted by Gasteiger charge is -2.32. The highest BCUT2D eigenvalue weighted by Crippen LogP contribution is 2.27. The SMILES string of the molecule is O=C(NCCC(=O)N1CCc2[nH]cnc2C1C(=O)O)c1ccccc1F. The molecule has 2 heterocycles. The highest BCUT2D eigenvalue weighted by atomic mass is 19.1. The van der Waals surface area contributed by atoms with Gasteiger partial charge in [0.15, 0.2) is 6.04 Å². The molecule has 0 radical (unpaired) electrons. The van der Waals surface area contributed by atoms with Gasteiger partial charge >= 0.3 is 5.97 Å². The van der Waals surface area contributed by atoms with Gasteiger partial charge in [0, 0.05) is 31.6 Å². The number of carboxylic acid groups (broad SMARTS) is 1. The molecule has 0 bridgehead atoms. The number of carboxylic acids is 1. The van der Waals surface area contributed by atoms with Crippen LogP contribution in [-0.2, 0) is 16.0 Å². The lowest BCUT2D eigenvalue weighted by atomic mass is 10.0. The summed E-state index contributed by atoms with van der Waals surface area (Å²) < 4.78 is 13.6. The second-order valence-corrected chi connectivity index (χ2v) is 5.83. The number of rotatable bonds is 5. The molecule has 1 aliphatic heterocycles. The average molecular weight is 360 g/mol. The van der Waals surface area contributed by atoms with Gasteiger partial charge in [0.2, 0.25) is 5.91 Å². The number of nitrogens with zero attached hydrogens (tertiary/aromatic N) is 2. The number of hydrogen-bond acceptors (Lipinski definition) is 4. The summed E-state index contributed by atoms with van der Waals surface area (Å²) in [6.07, 6.45) is 1.79. The van der Waals surface area contributed by atoms with Crippen LogP contribution in [0.1, 0.15) is 34.2 Å². The predicted molar refractivity (Wildman–Crippen MR) is 87.7 cm³/mol. The van der Waals surface area contributed by atoms with E-state index in [0.717, 1.165) is 0 Å². The van der Waals surface area contributed by atoms with Crippen molar-refractivity contribution in [1.29, 1.82) is 0 Å². The minimum absolute atomic E-state index is 0.0255. The first kappa shape index (κ1) is 17.6. The largest absolute Gasteiger partial charge is 0.479 e. The molecule has 0 spiro atoms. The Morgan fingerprint density at radius 3 is 2.85 bits per heavy atom. The molecule has 0 saturated carbocycles. The Morgan fingerprint density at radius 2 is 2.12 bits per heavy atom. The lowest BCUT2D eigenvalue weighted by molar-refractivity contribution is -0.151. The quantitative estimate of drug-likeness (QED) is 0.732. The second kappa shape index (κ2) is 7.34. The number of aromatic amines is 1. The maximum Gasteiger partial charge on any atom is 0.332 e. The summed E-state index contributed by atoms with van der Waals surface area (Å²) in [4.78, 5) is 44.1. The van der Waals surface area contributed by atoms with E-state index in [9.17, 15) is 23.9 Å². The number of hydrogen-bond donors (Lipinski definition) is 3. The molecule has 0 saturated heterocycles. The molecule has 3 N–H and O–H groups in total. The van der Waals surface area contributed by atoms with E-state index in [2.05, 4.69) is 15.3 Å². The molecule has 1 aromatic carbocycles. The van der Waals surface area contributed by atoms with Crippen molar-refractivity contribution >= 4 is 17.8 Å². The molecule has 1 aliphatic rings. The lowest BCUT2D eigenvalue weighted by Crippen LogP contribution is -2.44. The normalized spacial score (nSPS) is 16.0. The van der Waals surface area contributed by atoms with Crippen molar-refractivity contribution in [3.63, 3.8) is 0 Å². The van der Waals surface area contributed by atoms with Crippen molar-refractivity contribution in [1.82, 2.24) is 20.2 Å². The topological polar surface area (TPSA) is 115 Å². The van der Waals surface area contributed by atoms with Crippen molar-refractivity contribution in [3.8, 4) is 0 Å². The van der Waals surface area contributed by atoms with Crippen LogP contribution in [0.2, 0.25) is 0 Å². The molecular formula is C17H17FN4O4. The zero-order valence-corrected chi connectivity index (χ0v) is 13.7. The summed E-state index contributed by atoms with van der Waals surface area (Å²) in [6, 6.07) is 4.38. The Kier molecular flexibility index (Phi) is 4.97. The number of halogens is 1. The second-order valence-electron chi connectivity index (χ2n) is 5.83. The molecule has 8 nitrogen and oxygen atoms in total. The van der Waals surface area contributed by atoms with Crippen LogP contribution in [-0.4, -0.2) is 50.8 Å². The van der Waals surface area contributed by atoms with Gasteiger partial charge in [-0.15, -0.1) is 0 Å². The molecule has 1 unspecified atom stereocenters. The summed E-state index contributed by atoms with van der Waals surface area (Å²) in [5.41, 5.74) is 0.921. The fourth-order valence-corrected chi connectivity index (χ4v) is 2.96. The molecule has 1 aromatic heterocycles. The summed E-state index contributed by atoms with van der Waals surface area (Å²) in [5.74, 6) is -2.86. The molecule has 9 heteroatoms. The van der Waals surface area contributed by atoms with E-state index in [1.807, 2.05) is 0 Å². The van der Waals surface area contributed by atoms with E-state index in [1.54, 1.807) is 0 Å². The van der Waals surface area contributed by atoms with Crippen LogP contribution >= 0.6 is 0 Å². The summed E-state index contributed by atoms with van der Waals surface area (Å²) in [6.45, 7) is 0.217. The van der Waals surface area contributed by atoms with Crippen LogP contribution in [0.3, 0.4) is 0 Å². The van der Waals surface area contributed by atoms with Gasteiger partial charge in [-0.05, 0) is 12.1 Å². The van der Waals surface area contributed by atoms with Gasteiger partial charge in [0.05, 0.1) is 17.6 Å². The number of fused-ring (bicyclic) bond motifs is 1. The highest BCUT2D eigenvalue weighted by molar-refractivity contribution is 5.94. The van der Waals surface area contributed by atoms with Gasteiger partial charge in [-0.3, -0.25) is 9.59 Å². The maximum atomic E-state index is 13.6. The number of aromatic nitrogens is 2. The van der Waals surface area contributed by atoms with Crippen molar-refractivity contribution < 1.29 is 23.9 Å². The Labute approximate surface area is 148 Å². The Balaban J connectivity index is 1.61. The fraction of sp³-hybridized carbons (Fsp3) is 0.294. The van der Waals surface area contributed by atoms with E-state index in [4.69, 9.17) is 0 Å². The molecule has 0 aliphatic carbocycles. The number of carbonyl (C=O) groups excluding carboxylic acids is 2. The van der Waals surface area contributed by atoms with Crippen LogP contribution in [0.5, 0.6) is 0 Å². The van der Waals surface area contributed by atoms with Crippen LogP contribution < -0.4 is 5.32 Å². The first-order chi connectivity index (χ1) is 12.5. The number of carbonyl (C=O) groups is 3. The van der Waals surface area contributed by atoms with Gasteiger partial charge in [-0.1, -0.05) is 12.1 Å². The molecule has 1 atom stereocenters. The first-order valence-corrected chi connectivity index (χ1v) is 8.06. The van der Waals surface area contributed by atoms with Crippen molar-refractivity contribution in [3.05, 3.63) is 53.4 Å².